The maximum absolute atomic E-state index is 11.4. The van der Waals surface area contributed by atoms with Crippen LogP contribution in [0.25, 0.3) is 0 Å². The van der Waals surface area contributed by atoms with Crippen molar-refractivity contribution in [1.29, 1.82) is 0 Å². The lowest BCUT2D eigenvalue weighted by Gasteiger charge is -2.03. The minimum atomic E-state index is -0.221. The van der Waals surface area contributed by atoms with Crippen molar-refractivity contribution in [3.05, 3.63) is 35.9 Å². The van der Waals surface area contributed by atoms with Gasteiger partial charge in [0.25, 0.3) is 0 Å². The molecule has 0 saturated heterocycles. The lowest BCUT2D eigenvalue weighted by Crippen LogP contribution is -2.05. The van der Waals surface area contributed by atoms with Crippen LogP contribution in [0, 0.1) is 0 Å². The molecule has 0 unspecified atom stereocenters. The molecule has 2 heteroatoms. The number of unbranched alkanes of at least 4 members (excludes halogenated alkanes) is 2. The maximum atomic E-state index is 11.4. The third-order valence-electron chi connectivity index (χ3n) is 1.99. The molecule has 1 rings (SSSR count). The first-order valence-corrected chi connectivity index (χ1v) is 5.06. The van der Waals surface area contributed by atoms with Crippen LogP contribution in [0.2, 0.25) is 0 Å². The van der Waals surface area contributed by atoms with E-state index in [4.69, 9.17) is 4.74 Å². The largest absolute Gasteiger partial charge is 0.462 e. The van der Waals surface area contributed by atoms with Gasteiger partial charge in [-0.15, -0.1) is 0 Å². The van der Waals surface area contributed by atoms with Crippen LogP contribution in [0.15, 0.2) is 30.3 Å². The van der Waals surface area contributed by atoms with E-state index in [0.717, 1.165) is 19.3 Å². The molecule has 0 saturated carbocycles. The van der Waals surface area contributed by atoms with Crippen LogP contribution in [-0.2, 0) is 4.74 Å². The van der Waals surface area contributed by atoms with Crippen LogP contribution in [0.1, 0.15) is 36.5 Å². The Morgan fingerprint density at radius 2 is 1.93 bits per heavy atom. The van der Waals surface area contributed by atoms with Crippen LogP contribution < -0.4 is 0 Å². The van der Waals surface area contributed by atoms with Crippen molar-refractivity contribution in [1.82, 2.24) is 0 Å². The third kappa shape index (κ3) is 3.60. The van der Waals surface area contributed by atoms with Crippen LogP contribution in [0.5, 0.6) is 0 Å². The SMILES string of the molecule is CCCCCOC(=O)c1ccccc1. The summed E-state index contributed by atoms with van der Waals surface area (Å²) in [6.07, 6.45) is 3.21. The average Bonchev–Trinajstić information content (AvgIpc) is 2.25. The summed E-state index contributed by atoms with van der Waals surface area (Å²) in [7, 11) is 0. The maximum Gasteiger partial charge on any atom is 0.338 e. The number of carbonyl (C=O) groups is 1. The lowest BCUT2D eigenvalue weighted by atomic mass is 10.2. The van der Waals surface area contributed by atoms with Gasteiger partial charge in [-0.1, -0.05) is 38.0 Å². The molecule has 0 bridgehead atoms. The first-order chi connectivity index (χ1) is 6.84. The molecule has 1 aromatic carbocycles. The molecule has 0 aliphatic carbocycles. The predicted molar refractivity (Wildman–Crippen MR) is 56.2 cm³/mol. The van der Waals surface area contributed by atoms with E-state index in [1.807, 2.05) is 18.2 Å². The highest BCUT2D eigenvalue weighted by atomic mass is 16.5. The van der Waals surface area contributed by atoms with E-state index >= 15 is 0 Å². The molecule has 0 amide bonds. The monoisotopic (exact) mass is 192 g/mol. The van der Waals surface area contributed by atoms with Gasteiger partial charge in [0.05, 0.1) is 12.2 Å². The smallest absolute Gasteiger partial charge is 0.338 e. The molecule has 0 heterocycles. The number of hydrogen-bond acceptors (Lipinski definition) is 2. The molecule has 0 atom stereocenters. The van der Waals surface area contributed by atoms with Gasteiger partial charge in [0.1, 0.15) is 0 Å². The van der Waals surface area contributed by atoms with E-state index in [9.17, 15) is 4.79 Å². The van der Waals surface area contributed by atoms with Crippen LogP contribution in [-0.4, -0.2) is 12.6 Å². The number of esters is 1. The molecule has 0 aliphatic rings. The van der Waals surface area contributed by atoms with Gasteiger partial charge in [0, 0.05) is 0 Å². The molecule has 0 N–H and O–H groups in total. The van der Waals surface area contributed by atoms with E-state index in [1.165, 1.54) is 0 Å². The summed E-state index contributed by atoms with van der Waals surface area (Å²) in [5, 5.41) is 0. The Hall–Kier alpha value is -1.31. The van der Waals surface area contributed by atoms with Crippen LogP contribution >= 0.6 is 0 Å². The van der Waals surface area contributed by atoms with E-state index in [-0.39, 0.29) is 5.97 Å². The second kappa shape index (κ2) is 6.19. The normalized spacial score (nSPS) is 9.79. The second-order valence-corrected chi connectivity index (χ2v) is 3.21. The van der Waals surface area contributed by atoms with Crippen molar-refractivity contribution >= 4 is 5.97 Å². The summed E-state index contributed by atoms with van der Waals surface area (Å²) in [5.41, 5.74) is 0.629. The highest BCUT2D eigenvalue weighted by Crippen LogP contribution is 2.02. The highest BCUT2D eigenvalue weighted by molar-refractivity contribution is 5.89. The Morgan fingerprint density at radius 1 is 1.21 bits per heavy atom. The minimum absolute atomic E-state index is 0.221. The van der Waals surface area contributed by atoms with Gasteiger partial charge in [-0.2, -0.15) is 0 Å². The highest BCUT2D eigenvalue weighted by Gasteiger charge is 2.04. The number of benzene rings is 1. The summed E-state index contributed by atoms with van der Waals surface area (Å²) in [6, 6.07) is 9.09. The van der Waals surface area contributed by atoms with Crippen molar-refractivity contribution in [3.63, 3.8) is 0 Å². The number of hydrogen-bond donors (Lipinski definition) is 0. The van der Waals surface area contributed by atoms with Crippen molar-refractivity contribution in [2.24, 2.45) is 0 Å². The van der Waals surface area contributed by atoms with Gasteiger partial charge in [0.15, 0.2) is 0 Å². The molecule has 76 valence electrons. The zero-order valence-electron chi connectivity index (χ0n) is 8.53. The van der Waals surface area contributed by atoms with Gasteiger partial charge in [-0.25, -0.2) is 4.79 Å². The second-order valence-electron chi connectivity index (χ2n) is 3.21. The number of carbonyl (C=O) groups excluding carboxylic acids is 1. The fourth-order valence-corrected chi connectivity index (χ4v) is 1.17. The van der Waals surface area contributed by atoms with E-state index in [0.29, 0.717) is 12.2 Å². The van der Waals surface area contributed by atoms with Crippen molar-refractivity contribution in [2.75, 3.05) is 6.61 Å². The Kier molecular flexibility index (Phi) is 4.76. The molecule has 2 nitrogen and oxygen atoms in total. The van der Waals surface area contributed by atoms with Gasteiger partial charge in [-0.05, 0) is 18.6 Å². The topological polar surface area (TPSA) is 26.3 Å². The molecular weight excluding hydrogens is 176 g/mol. The van der Waals surface area contributed by atoms with Crippen molar-refractivity contribution in [2.45, 2.75) is 26.2 Å². The van der Waals surface area contributed by atoms with Crippen molar-refractivity contribution in [3.8, 4) is 0 Å². The quantitative estimate of drug-likeness (QED) is 0.529. The molecule has 0 aliphatic heterocycles. The molecule has 0 spiro atoms. The Labute approximate surface area is 84.9 Å². The van der Waals surface area contributed by atoms with E-state index in [1.54, 1.807) is 12.1 Å². The predicted octanol–water partition coefficient (Wildman–Crippen LogP) is 3.03. The van der Waals surface area contributed by atoms with Crippen LogP contribution in [0.4, 0.5) is 0 Å². The first kappa shape index (κ1) is 10.8. The van der Waals surface area contributed by atoms with Crippen molar-refractivity contribution < 1.29 is 9.53 Å². The van der Waals surface area contributed by atoms with Crippen LogP contribution in [0.3, 0.4) is 0 Å². The average molecular weight is 192 g/mol. The number of ether oxygens (including phenoxy) is 1. The van der Waals surface area contributed by atoms with E-state index < -0.39 is 0 Å². The first-order valence-electron chi connectivity index (χ1n) is 5.06. The Balaban J connectivity index is 2.29. The van der Waals surface area contributed by atoms with Gasteiger partial charge in [-0.3, -0.25) is 0 Å². The zero-order valence-corrected chi connectivity index (χ0v) is 8.53. The standard InChI is InChI=1S/C12H16O2/c1-2-3-7-10-14-12(13)11-8-5-4-6-9-11/h4-6,8-9H,2-3,7,10H2,1H3. The lowest BCUT2D eigenvalue weighted by molar-refractivity contribution is 0.0498. The van der Waals surface area contributed by atoms with Gasteiger partial charge in [0.2, 0.25) is 0 Å². The summed E-state index contributed by atoms with van der Waals surface area (Å²) in [5.74, 6) is -0.221. The molecule has 14 heavy (non-hydrogen) atoms. The summed E-state index contributed by atoms with van der Waals surface area (Å²) in [4.78, 5) is 11.4. The van der Waals surface area contributed by atoms with Gasteiger partial charge >= 0.3 is 5.97 Å². The third-order valence-corrected chi connectivity index (χ3v) is 1.99. The fraction of sp³-hybridized carbons (Fsp3) is 0.417. The molecule has 0 aromatic heterocycles. The summed E-state index contributed by atoms with van der Waals surface area (Å²) in [6.45, 7) is 2.65. The minimum Gasteiger partial charge on any atom is -0.462 e. The summed E-state index contributed by atoms with van der Waals surface area (Å²) >= 11 is 0. The fourth-order valence-electron chi connectivity index (χ4n) is 1.17. The summed E-state index contributed by atoms with van der Waals surface area (Å²) < 4.78 is 5.09. The number of rotatable bonds is 5. The zero-order chi connectivity index (χ0) is 10.2. The Morgan fingerprint density at radius 3 is 2.57 bits per heavy atom. The molecule has 1 aromatic rings. The molecule has 0 fully saturated rings. The van der Waals surface area contributed by atoms with E-state index in [2.05, 4.69) is 6.92 Å². The molecular formula is C12H16O2. The molecule has 0 radical (unpaired) electrons. The van der Waals surface area contributed by atoms with Gasteiger partial charge < -0.3 is 4.74 Å². The Bertz CT molecular complexity index is 267.